The number of amides is 1. The van der Waals surface area contributed by atoms with Crippen LogP contribution in [0.5, 0.6) is 5.75 Å². The minimum atomic E-state index is -1.45. The number of halogens is 1. The molecule has 2 saturated heterocycles. The van der Waals surface area contributed by atoms with Crippen LogP contribution in [0.4, 0.5) is 21.7 Å². The molecule has 3 heterocycles. The van der Waals surface area contributed by atoms with Crippen LogP contribution in [0.3, 0.4) is 0 Å². The summed E-state index contributed by atoms with van der Waals surface area (Å²) in [6.07, 6.45) is -1.16. The van der Waals surface area contributed by atoms with E-state index in [0.29, 0.717) is 30.5 Å². The second kappa shape index (κ2) is 13.2. The predicted octanol–water partition coefficient (Wildman–Crippen LogP) is 2.58. The number of aliphatic hydroxyl groups excluding tert-OH is 1. The Hall–Kier alpha value is -4.85. The Morgan fingerprint density at radius 1 is 1.17 bits per heavy atom. The number of nitrogens with zero attached hydrogens (tertiary/aromatic N) is 7. The molecule has 2 fully saturated rings. The van der Waals surface area contributed by atoms with E-state index < -0.39 is 18.2 Å². The van der Waals surface area contributed by atoms with E-state index in [-0.39, 0.29) is 50.0 Å². The molecule has 2 aromatic carbocycles. The number of carbonyl (C=O) groups excluding carboxylic acids is 1. The number of nitriles is 2. The highest BCUT2D eigenvalue weighted by Crippen LogP contribution is 2.29. The Kier molecular flexibility index (Phi) is 9.02. The zero-order valence-electron chi connectivity index (χ0n) is 22.7. The number of piperidine rings is 1. The van der Waals surface area contributed by atoms with E-state index in [1.165, 1.54) is 11.2 Å². The number of ether oxygens (including phenoxy) is 2. The van der Waals surface area contributed by atoms with Crippen LogP contribution in [0.2, 0.25) is 0 Å². The summed E-state index contributed by atoms with van der Waals surface area (Å²) in [4.78, 5) is 28.3. The van der Waals surface area contributed by atoms with Crippen molar-refractivity contribution in [1.29, 1.82) is 10.5 Å². The first-order valence-corrected chi connectivity index (χ1v) is 13.5. The largest absolute Gasteiger partial charge is 0.486 e. The summed E-state index contributed by atoms with van der Waals surface area (Å²) >= 11 is 0. The average Bonchev–Trinajstić information content (AvgIpc) is 3.02. The summed E-state index contributed by atoms with van der Waals surface area (Å²) in [6.45, 7) is 2.01. The number of likely N-dealkylation sites (tertiary alicyclic amines) is 1. The van der Waals surface area contributed by atoms with Gasteiger partial charge in [-0.05, 0) is 42.5 Å². The van der Waals surface area contributed by atoms with Crippen LogP contribution in [0.1, 0.15) is 18.4 Å². The zero-order chi connectivity index (χ0) is 29.5. The van der Waals surface area contributed by atoms with E-state index in [2.05, 4.69) is 31.2 Å². The van der Waals surface area contributed by atoms with Gasteiger partial charge in [-0.3, -0.25) is 4.79 Å². The molecule has 0 radical (unpaired) electrons. The van der Waals surface area contributed by atoms with Crippen LogP contribution in [0.25, 0.3) is 11.4 Å². The van der Waals surface area contributed by atoms with Crippen molar-refractivity contribution in [2.75, 3.05) is 49.6 Å². The number of alkyl halides is 1. The molecule has 3 atom stereocenters. The van der Waals surface area contributed by atoms with Gasteiger partial charge in [0.2, 0.25) is 11.9 Å². The lowest BCUT2D eigenvalue weighted by atomic mass is 10.0. The van der Waals surface area contributed by atoms with Crippen molar-refractivity contribution < 1.29 is 23.8 Å². The number of aromatic nitrogens is 3. The van der Waals surface area contributed by atoms with Crippen molar-refractivity contribution in [3.63, 3.8) is 0 Å². The molecule has 1 amide bonds. The van der Waals surface area contributed by atoms with E-state index in [0.717, 1.165) is 17.9 Å². The van der Waals surface area contributed by atoms with Crippen LogP contribution in [0.15, 0.2) is 48.8 Å². The lowest BCUT2D eigenvalue weighted by molar-refractivity contribution is -0.134. The second-order valence-corrected chi connectivity index (χ2v) is 9.88. The molecular formula is C29H29FN8O4. The Bertz CT molecular complexity index is 1490. The summed E-state index contributed by atoms with van der Waals surface area (Å²) in [6, 6.07) is 16.5. The fraction of sp³-hybridized carbons (Fsp3) is 0.379. The van der Waals surface area contributed by atoms with Crippen LogP contribution in [0, 0.1) is 22.7 Å². The minimum absolute atomic E-state index is 0.0188. The topological polar surface area (TPSA) is 161 Å². The molecule has 0 spiro atoms. The van der Waals surface area contributed by atoms with Crippen molar-refractivity contribution in [2.45, 2.75) is 31.2 Å². The van der Waals surface area contributed by atoms with Crippen molar-refractivity contribution in [1.82, 2.24) is 19.9 Å². The number of nitrogens with one attached hydrogen (secondary N) is 1. The number of carbonyl (C=O) groups is 1. The third kappa shape index (κ3) is 6.71. The maximum atomic E-state index is 14.8. The molecule has 2 N–H and O–H groups in total. The van der Waals surface area contributed by atoms with E-state index in [1.807, 2.05) is 24.3 Å². The first kappa shape index (κ1) is 28.7. The molecule has 0 unspecified atom stereocenters. The molecule has 12 nitrogen and oxygen atoms in total. The van der Waals surface area contributed by atoms with Gasteiger partial charge in [0, 0.05) is 43.0 Å². The number of anilines is 3. The fourth-order valence-electron chi connectivity index (χ4n) is 4.89. The Balaban J connectivity index is 1.24. The molecule has 0 aliphatic carbocycles. The predicted molar refractivity (Wildman–Crippen MR) is 149 cm³/mol. The van der Waals surface area contributed by atoms with E-state index in [9.17, 15) is 19.6 Å². The Morgan fingerprint density at radius 3 is 2.74 bits per heavy atom. The van der Waals surface area contributed by atoms with Crippen LogP contribution in [-0.2, 0) is 9.53 Å². The van der Waals surface area contributed by atoms with Crippen molar-refractivity contribution >= 4 is 23.2 Å². The first-order chi connectivity index (χ1) is 20.5. The van der Waals surface area contributed by atoms with Crippen LogP contribution < -0.4 is 15.0 Å². The van der Waals surface area contributed by atoms with Crippen LogP contribution in [-0.4, -0.2) is 88.6 Å². The van der Waals surface area contributed by atoms with E-state index in [1.54, 1.807) is 24.3 Å². The van der Waals surface area contributed by atoms with Crippen LogP contribution >= 0.6 is 0 Å². The highest BCUT2D eigenvalue weighted by Gasteiger charge is 2.33. The molecule has 3 aromatic rings. The Labute approximate surface area is 242 Å². The molecule has 2 aliphatic rings. The third-order valence-corrected chi connectivity index (χ3v) is 7.10. The second-order valence-electron chi connectivity index (χ2n) is 9.88. The van der Waals surface area contributed by atoms with E-state index in [4.69, 9.17) is 14.7 Å². The SMILES string of the molecule is N#CCC(=O)N1CC[C@H](Oc2ccc(-c3ncnc(Nc4ccc(N5CCO[C@@H](CO)C5)cc4)n3)cc2C#N)[C@@H](F)C1. The molecule has 216 valence electrons. The molecular weight excluding hydrogens is 543 g/mol. The number of hydrogen-bond donors (Lipinski definition) is 2. The minimum Gasteiger partial charge on any atom is -0.486 e. The molecule has 0 saturated carbocycles. The van der Waals surface area contributed by atoms with Gasteiger partial charge in [-0.15, -0.1) is 0 Å². The van der Waals surface area contributed by atoms with Gasteiger partial charge in [0.1, 0.15) is 30.7 Å². The van der Waals surface area contributed by atoms with Gasteiger partial charge in [-0.2, -0.15) is 15.5 Å². The van der Waals surface area contributed by atoms with Gasteiger partial charge >= 0.3 is 0 Å². The third-order valence-electron chi connectivity index (χ3n) is 7.10. The van der Waals surface area contributed by atoms with Gasteiger partial charge in [0.05, 0.1) is 37.5 Å². The maximum Gasteiger partial charge on any atom is 0.236 e. The average molecular weight is 573 g/mol. The zero-order valence-corrected chi connectivity index (χ0v) is 22.7. The molecule has 1 aromatic heterocycles. The van der Waals surface area contributed by atoms with Gasteiger partial charge in [0.25, 0.3) is 0 Å². The summed E-state index contributed by atoms with van der Waals surface area (Å²) in [5.74, 6) is 0.470. The van der Waals surface area contributed by atoms with E-state index >= 15 is 0 Å². The summed E-state index contributed by atoms with van der Waals surface area (Å²) in [7, 11) is 0. The quantitative estimate of drug-likeness (QED) is 0.408. The molecule has 5 rings (SSSR count). The summed E-state index contributed by atoms with van der Waals surface area (Å²) < 4.78 is 26.2. The van der Waals surface area contributed by atoms with Gasteiger partial charge in [-0.1, -0.05) is 0 Å². The number of benzene rings is 2. The lowest BCUT2D eigenvalue weighted by Crippen LogP contribution is -2.49. The summed E-state index contributed by atoms with van der Waals surface area (Å²) in [5, 5.41) is 31.0. The number of rotatable bonds is 8. The molecule has 13 heteroatoms. The fourth-order valence-corrected chi connectivity index (χ4v) is 4.89. The lowest BCUT2D eigenvalue weighted by Gasteiger charge is -2.34. The van der Waals surface area contributed by atoms with Gasteiger partial charge in [0.15, 0.2) is 12.0 Å². The number of aliphatic hydroxyl groups is 1. The Morgan fingerprint density at radius 2 is 2.00 bits per heavy atom. The first-order valence-electron chi connectivity index (χ1n) is 13.5. The van der Waals surface area contributed by atoms with Crippen molar-refractivity contribution in [2.24, 2.45) is 0 Å². The monoisotopic (exact) mass is 572 g/mol. The number of morpholine rings is 1. The summed E-state index contributed by atoms with van der Waals surface area (Å²) in [5.41, 5.74) is 2.53. The van der Waals surface area contributed by atoms with Crippen molar-refractivity contribution in [3.8, 4) is 29.3 Å². The molecule has 2 aliphatic heterocycles. The highest BCUT2D eigenvalue weighted by atomic mass is 19.1. The standard InChI is InChI=1S/C29H29FN8O4/c30-24-16-38(27(40)7-9-31)10-8-26(24)42-25-6-1-19(13-20(25)14-32)28-33-18-34-29(36-28)35-21-2-4-22(5-3-21)37-11-12-41-23(15-37)17-39/h1-6,13,18,23-24,26,39H,7-8,10-12,15-17H2,(H,33,34,35,36)/t23-,24+,26+/m1/s1. The normalized spacial score (nSPS) is 20.3. The highest BCUT2D eigenvalue weighted by molar-refractivity contribution is 5.78. The molecule has 0 bridgehead atoms. The number of hydrogen-bond acceptors (Lipinski definition) is 11. The molecule has 42 heavy (non-hydrogen) atoms. The van der Waals surface area contributed by atoms with Gasteiger partial charge < -0.3 is 29.7 Å². The smallest absolute Gasteiger partial charge is 0.236 e. The van der Waals surface area contributed by atoms with Crippen molar-refractivity contribution in [3.05, 3.63) is 54.4 Å². The van der Waals surface area contributed by atoms with Gasteiger partial charge in [-0.25, -0.2) is 14.4 Å². The maximum absolute atomic E-state index is 14.8.